The maximum absolute atomic E-state index is 6.21. The van der Waals surface area contributed by atoms with Crippen molar-refractivity contribution in [3.63, 3.8) is 0 Å². The fourth-order valence-corrected chi connectivity index (χ4v) is 4.27. The summed E-state index contributed by atoms with van der Waals surface area (Å²) in [6.45, 7) is 2.71. The second-order valence-corrected chi connectivity index (χ2v) is 7.61. The number of aromatic nitrogens is 1. The first-order valence-corrected chi connectivity index (χ1v) is 10.3. The monoisotopic (exact) mass is 390 g/mol. The fraction of sp³-hybridized carbons (Fsp3) is 0.348. The Hall–Kier alpha value is -2.99. The number of hydrogen-bond acceptors (Lipinski definition) is 6. The number of pyridine rings is 1. The van der Waals surface area contributed by atoms with Crippen molar-refractivity contribution >= 4 is 5.70 Å². The van der Waals surface area contributed by atoms with Gasteiger partial charge in [-0.05, 0) is 43.6 Å². The number of allylic oxidation sites excluding steroid dienone is 2. The molecule has 5 rings (SSSR count). The van der Waals surface area contributed by atoms with Crippen molar-refractivity contribution in [2.24, 2.45) is 5.92 Å². The van der Waals surface area contributed by atoms with E-state index in [0.717, 1.165) is 49.5 Å². The molecule has 0 aliphatic carbocycles. The van der Waals surface area contributed by atoms with Crippen molar-refractivity contribution < 1.29 is 9.47 Å². The Labute approximate surface area is 171 Å². The maximum Gasteiger partial charge on any atom is 0.327 e. The molecule has 3 aliphatic rings. The van der Waals surface area contributed by atoms with Crippen LogP contribution in [0.5, 0.6) is 0 Å². The molecule has 0 radical (unpaired) electrons. The molecule has 4 heterocycles. The third kappa shape index (κ3) is 3.80. The van der Waals surface area contributed by atoms with Crippen LogP contribution in [0.1, 0.15) is 24.1 Å². The van der Waals surface area contributed by atoms with Gasteiger partial charge in [0.2, 0.25) is 0 Å². The van der Waals surface area contributed by atoms with Gasteiger partial charge >= 0.3 is 6.41 Å². The largest absolute Gasteiger partial charge is 0.442 e. The van der Waals surface area contributed by atoms with E-state index in [1.807, 2.05) is 36.5 Å². The van der Waals surface area contributed by atoms with E-state index in [9.17, 15) is 0 Å². The summed E-state index contributed by atoms with van der Waals surface area (Å²) in [6.07, 6.45) is 6.10. The maximum atomic E-state index is 6.21. The Bertz CT molecular complexity index is 892. The van der Waals surface area contributed by atoms with E-state index in [2.05, 4.69) is 38.7 Å². The molecule has 1 aromatic carbocycles. The van der Waals surface area contributed by atoms with Crippen LogP contribution >= 0.6 is 0 Å². The lowest BCUT2D eigenvalue weighted by Crippen LogP contribution is -2.40. The van der Waals surface area contributed by atoms with E-state index >= 15 is 0 Å². The molecule has 29 heavy (non-hydrogen) atoms. The van der Waals surface area contributed by atoms with E-state index in [1.54, 1.807) is 6.26 Å². The van der Waals surface area contributed by atoms with Gasteiger partial charge in [-0.15, -0.1) is 0 Å². The molecule has 6 nitrogen and oxygen atoms in total. The van der Waals surface area contributed by atoms with Gasteiger partial charge in [0.1, 0.15) is 12.0 Å². The highest BCUT2D eigenvalue weighted by molar-refractivity contribution is 5.66. The Morgan fingerprint density at radius 2 is 1.86 bits per heavy atom. The second-order valence-electron chi connectivity index (χ2n) is 7.61. The molecule has 150 valence electrons. The summed E-state index contributed by atoms with van der Waals surface area (Å²) in [5.41, 5.74) is 4.54. The summed E-state index contributed by atoms with van der Waals surface area (Å²) in [4.78, 5) is 6.80. The molecule has 1 saturated heterocycles. The van der Waals surface area contributed by atoms with Gasteiger partial charge < -0.3 is 20.1 Å². The smallest absolute Gasteiger partial charge is 0.327 e. The van der Waals surface area contributed by atoms with Crippen LogP contribution in [0, 0.1) is 5.92 Å². The molecule has 1 fully saturated rings. The minimum atomic E-state index is -0.438. The van der Waals surface area contributed by atoms with Gasteiger partial charge in [-0.2, -0.15) is 0 Å². The van der Waals surface area contributed by atoms with Crippen molar-refractivity contribution in [1.29, 1.82) is 0 Å². The lowest BCUT2D eigenvalue weighted by Gasteiger charge is -2.33. The zero-order valence-electron chi connectivity index (χ0n) is 16.4. The molecule has 6 heteroatoms. The molecule has 1 atom stereocenters. The van der Waals surface area contributed by atoms with Crippen molar-refractivity contribution in [2.45, 2.75) is 25.7 Å². The van der Waals surface area contributed by atoms with Crippen LogP contribution in [0.2, 0.25) is 0 Å². The summed E-state index contributed by atoms with van der Waals surface area (Å²) in [5.74, 6) is 1.31. The lowest BCUT2D eigenvalue weighted by atomic mass is 9.92. The standard InChI is InChI=1S/C23H26N4O2/c1-2-6-17(7-3-1)14-19-15-28-23(29-19)27-16-26-21(20-8-4-5-11-25-20)22(27)18-9-12-24-13-10-18/h1-8,11,15,18,23-24,26H,9-10,12-14,16H2. The van der Waals surface area contributed by atoms with Crippen LogP contribution in [-0.4, -0.2) is 36.1 Å². The summed E-state index contributed by atoms with van der Waals surface area (Å²) in [5, 5.41) is 7.01. The van der Waals surface area contributed by atoms with Crippen molar-refractivity contribution in [3.8, 4) is 0 Å². The highest BCUT2D eigenvalue weighted by Gasteiger charge is 2.38. The summed E-state index contributed by atoms with van der Waals surface area (Å²) < 4.78 is 12.2. The average Bonchev–Trinajstić information content (AvgIpc) is 3.43. The number of benzene rings is 1. The fourth-order valence-electron chi connectivity index (χ4n) is 4.27. The second kappa shape index (κ2) is 8.17. The average molecular weight is 390 g/mol. The van der Waals surface area contributed by atoms with E-state index in [4.69, 9.17) is 9.47 Å². The molecular formula is C23H26N4O2. The molecule has 1 aromatic heterocycles. The number of ether oxygens (including phenoxy) is 2. The van der Waals surface area contributed by atoms with Gasteiger partial charge in [0.25, 0.3) is 0 Å². The van der Waals surface area contributed by atoms with E-state index in [1.165, 1.54) is 11.3 Å². The molecule has 0 amide bonds. The van der Waals surface area contributed by atoms with Gasteiger partial charge in [0.15, 0.2) is 0 Å². The number of nitrogens with one attached hydrogen (secondary N) is 2. The number of piperidine rings is 1. The highest BCUT2D eigenvalue weighted by Crippen LogP contribution is 2.36. The topological polar surface area (TPSA) is 58.7 Å². The van der Waals surface area contributed by atoms with Crippen LogP contribution in [0.15, 0.2) is 72.4 Å². The Morgan fingerprint density at radius 1 is 1.03 bits per heavy atom. The molecule has 0 spiro atoms. The summed E-state index contributed by atoms with van der Waals surface area (Å²) in [7, 11) is 0. The van der Waals surface area contributed by atoms with Crippen LogP contribution in [0.4, 0.5) is 0 Å². The molecule has 2 N–H and O–H groups in total. The quantitative estimate of drug-likeness (QED) is 0.819. The predicted octanol–water partition coefficient (Wildman–Crippen LogP) is 3.03. The van der Waals surface area contributed by atoms with Crippen LogP contribution in [0.3, 0.4) is 0 Å². The normalized spacial score (nSPS) is 22.1. The minimum Gasteiger partial charge on any atom is -0.442 e. The SMILES string of the molecule is C1=C(Cc2ccccc2)OC(N2CNC(c3ccccn3)=C2C2CCNCC2)O1. The van der Waals surface area contributed by atoms with E-state index < -0.39 is 6.41 Å². The van der Waals surface area contributed by atoms with E-state index in [0.29, 0.717) is 12.6 Å². The third-order valence-corrected chi connectivity index (χ3v) is 5.68. The molecule has 0 bridgehead atoms. The van der Waals surface area contributed by atoms with Gasteiger partial charge in [0, 0.05) is 18.5 Å². The zero-order valence-corrected chi connectivity index (χ0v) is 16.4. The Kier molecular flexibility index (Phi) is 5.09. The summed E-state index contributed by atoms with van der Waals surface area (Å²) in [6, 6.07) is 16.4. The summed E-state index contributed by atoms with van der Waals surface area (Å²) >= 11 is 0. The van der Waals surface area contributed by atoms with Crippen molar-refractivity contribution in [1.82, 2.24) is 20.5 Å². The molecule has 0 saturated carbocycles. The number of nitrogens with zero attached hydrogens (tertiary/aromatic N) is 2. The lowest BCUT2D eigenvalue weighted by molar-refractivity contribution is -0.131. The minimum absolute atomic E-state index is 0.438. The van der Waals surface area contributed by atoms with Gasteiger partial charge in [-0.1, -0.05) is 36.4 Å². The molecule has 3 aliphatic heterocycles. The van der Waals surface area contributed by atoms with Crippen LogP contribution in [0.25, 0.3) is 5.70 Å². The van der Waals surface area contributed by atoms with Gasteiger partial charge in [-0.25, -0.2) is 0 Å². The van der Waals surface area contributed by atoms with Crippen molar-refractivity contribution in [2.75, 3.05) is 19.8 Å². The Morgan fingerprint density at radius 3 is 2.66 bits per heavy atom. The number of rotatable bonds is 5. The van der Waals surface area contributed by atoms with Crippen LogP contribution in [-0.2, 0) is 15.9 Å². The van der Waals surface area contributed by atoms with Crippen LogP contribution < -0.4 is 10.6 Å². The Balaban J connectivity index is 1.37. The molecular weight excluding hydrogens is 364 g/mol. The highest BCUT2D eigenvalue weighted by atomic mass is 16.7. The third-order valence-electron chi connectivity index (χ3n) is 5.68. The first-order chi connectivity index (χ1) is 14.4. The van der Waals surface area contributed by atoms with Gasteiger partial charge in [0.05, 0.1) is 23.8 Å². The zero-order chi connectivity index (χ0) is 19.5. The predicted molar refractivity (Wildman–Crippen MR) is 111 cm³/mol. The first-order valence-electron chi connectivity index (χ1n) is 10.3. The first kappa shape index (κ1) is 18.1. The molecule has 2 aromatic rings. The van der Waals surface area contributed by atoms with E-state index in [-0.39, 0.29) is 0 Å². The molecule has 1 unspecified atom stereocenters. The number of hydrogen-bond donors (Lipinski definition) is 2. The van der Waals surface area contributed by atoms with Gasteiger partial charge in [-0.3, -0.25) is 9.88 Å². The van der Waals surface area contributed by atoms with Crippen molar-refractivity contribution in [3.05, 3.63) is 83.7 Å².